The summed E-state index contributed by atoms with van der Waals surface area (Å²) in [4.78, 5) is 0. The van der Waals surface area contributed by atoms with E-state index in [1.807, 2.05) is 37.3 Å². The molecule has 1 rings (SSSR count). The van der Waals surface area contributed by atoms with Crippen molar-refractivity contribution in [2.24, 2.45) is 5.73 Å². The van der Waals surface area contributed by atoms with Gasteiger partial charge in [-0.05, 0) is 12.5 Å². The predicted molar refractivity (Wildman–Crippen MR) is 52.3 cm³/mol. The SMILES string of the molecule is C[C@@](N)(CO)c1ccccc1.Cl. The molecular formula is C9H14ClNO. The van der Waals surface area contributed by atoms with Gasteiger partial charge in [-0.2, -0.15) is 0 Å². The highest BCUT2D eigenvalue weighted by Gasteiger charge is 2.18. The second kappa shape index (κ2) is 4.45. The first-order valence-corrected chi connectivity index (χ1v) is 3.62. The van der Waals surface area contributed by atoms with E-state index in [2.05, 4.69) is 0 Å². The quantitative estimate of drug-likeness (QED) is 0.733. The summed E-state index contributed by atoms with van der Waals surface area (Å²) < 4.78 is 0. The molecule has 0 heterocycles. The molecule has 0 amide bonds. The average Bonchev–Trinajstić information content (AvgIpc) is 2.06. The molecule has 0 aliphatic rings. The van der Waals surface area contributed by atoms with Gasteiger partial charge in [0.25, 0.3) is 0 Å². The predicted octanol–water partition coefficient (Wildman–Crippen LogP) is 1.27. The molecule has 0 radical (unpaired) electrons. The number of aliphatic hydroxyl groups excluding tert-OH is 1. The highest BCUT2D eigenvalue weighted by atomic mass is 35.5. The lowest BCUT2D eigenvalue weighted by Gasteiger charge is -2.21. The molecule has 0 aliphatic carbocycles. The second-order valence-corrected chi connectivity index (χ2v) is 2.94. The van der Waals surface area contributed by atoms with Gasteiger partial charge in [0.15, 0.2) is 0 Å². The maximum Gasteiger partial charge on any atom is 0.0650 e. The Bertz CT molecular complexity index is 223. The van der Waals surface area contributed by atoms with Crippen molar-refractivity contribution < 1.29 is 5.11 Å². The summed E-state index contributed by atoms with van der Waals surface area (Å²) in [5, 5.41) is 8.92. The number of aliphatic hydroxyl groups is 1. The van der Waals surface area contributed by atoms with E-state index in [4.69, 9.17) is 10.8 Å². The standard InChI is InChI=1S/C9H13NO.ClH/c1-9(10,7-11)8-5-3-2-4-6-8;/h2-6,11H,7,10H2,1H3;1H/t9-;/m1./s1. The van der Waals surface area contributed by atoms with E-state index in [-0.39, 0.29) is 19.0 Å². The zero-order chi connectivity index (χ0) is 8.32. The summed E-state index contributed by atoms with van der Waals surface area (Å²) in [5.74, 6) is 0. The third-order valence-corrected chi connectivity index (χ3v) is 1.76. The van der Waals surface area contributed by atoms with Gasteiger partial charge < -0.3 is 10.8 Å². The van der Waals surface area contributed by atoms with E-state index in [1.54, 1.807) is 0 Å². The highest BCUT2D eigenvalue weighted by Crippen LogP contribution is 2.15. The van der Waals surface area contributed by atoms with E-state index < -0.39 is 5.54 Å². The van der Waals surface area contributed by atoms with Crippen LogP contribution in [-0.4, -0.2) is 11.7 Å². The molecule has 0 aromatic heterocycles. The zero-order valence-electron chi connectivity index (χ0n) is 7.03. The van der Waals surface area contributed by atoms with Crippen molar-refractivity contribution in [1.29, 1.82) is 0 Å². The summed E-state index contributed by atoms with van der Waals surface area (Å²) in [6, 6.07) is 9.58. The smallest absolute Gasteiger partial charge is 0.0650 e. The fraction of sp³-hybridized carbons (Fsp3) is 0.333. The highest BCUT2D eigenvalue weighted by molar-refractivity contribution is 5.85. The van der Waals surface area contributed by atoms with Gasteiger partial charge in [-0.1, -0.05) is 30.3 Å². The average molecular weight is 188 g/mol. The van der Waals surface area contributed by atoms with Crippen molar-refractivity contribution >= 4 is 12.4 Å². The van der Waals surface area contributed by atoms with Gasteiger partial charge >= 0.3 is 0 Å². The lowest BCUT2D eigenvalue weighted by Crippen LogP contribution is -2.36. The number of benzene rings is 1. The Hall–Kier alpha value is -0.570. The molecule has 0 fully saturated rings. The molecular weight excluding hydrogens is 174 g/mol. The van der Waals surface area contributed by atoms with Gasteiger partial charge in [0.1, 0.15) is 0 Å². The van der Waals surface area contributed by atoms with E-state index >= 15 is 0 Å². The zero-order valence-corrected chi connectivity index (χ0v) is 7.84. The maximum absolute atomic E-state index is 8.92. The summed E-state index contributed by atoms with van der Waals surface area (Å²) in [5.41, 5.74) is 6.14. The third kappa shape index (κ3) is 2.48. The Morgan fingerprint density at radius 1 is 1.33 bits per heavy atom. The Kier molecular flexibility index (Phi) is 4.24. The van der Waals surface area contributed by atoms with Gasteiger partial charge in [0.2, 0.25) is 0 Å². The van der Waals surface area contributed by atoms with Gasteiger partial charge in [0, 0.05) is 0 Å². The van der Waals surface area contributed by atoms with Crippen LogP contribution in [0.15, 0.2) is 30.3 Å². The molecule has 2 nitrogen and oxygen atoms in total. The molecule has 0 saturated heterocycles. The lowest BCUT2D eigenvalue weighted by atomic mass is 9.95. The van der Waals surface area contributed by atoms with Crippen LogP contribution in [0.25, 0.3) is 0 Å². The van der Waals surface area contributed by atoms with Crippen molar-refractivity contribution in [2.75, 3.05) is 6.61 Å². The lowest BCUT2D eigenvalue weighted by molar-refractivity contribution is 0.210. The van der Waals surface area contributed by atoms with Crippen LogP contribution in [0.5, 0.6) is 0 Å². The van der Waals surface area contributed by atoms with Crippen molar-refractivity contribution in [1.82, 2.24) is 0 Å². The van der Waals surface area contributed by atoms with Crippen LogP contribution < -0.4 is 5.73 Å². The Morgan fingerprint density at radius 3 is 2.25 bits per heavy atom. The number of nitrogens with two attached hydrogens (primary N) is 1. The third-order valence-electron chi connectivity index (χ3n) is 1.76. The van der Waals surface area contributed by atoms with Gasteiger partial charge in [-0.15, -0.1) is 12.4 Å². The second-order valence-electron chi connectivity index (χ2n) is 2.94. The minimum Gasteiger partial charge on any atom is -0.394 e. The maximum atomic E-state index is 8.92. The topological polar surface area (TPSA) is 46.2 Å². The molecule has 0 aliphatic heterocycles. The summed E-state index contributed by atoms with van der Waals surface area (Å²) in [7, 11) is 0. The summed E-state index contributed by atoms with van der Waals surface area (Å²) in [6.45, 7) is 1.78. The van der Waals surface area contributed by atoms with Crippen LogP contribution in [-0.2, 0) is 5.54 Å². The number of hydrogen-bond acceptors (Lipinski definition) is 2. The molecule has 0 saturated carbocycles. The first-order chi connectivity index (χ1) is 5.17. The largest absolute Gasteiger partial charge is 0.394 e. The van der Waals surface area contributed by atoms with Crippen LogP contribution in [0.3, 0.4) is 0 Å². The summed E-state index contributed by atoms with van der Waals surface area (Å²) in [6.07, 6.45) is 0. The van der Waals surface area contributed by atoms with Crippen molar-refractivity contribution in [2.45, 2.75) is 12.5 Å². The number of halogens is 1. The summed E-state index contributed by atoms with van der Waals surface area (Å²) >= 11 is 0. The Labute approximate surface area is 78.8 Å². The molecule has 1 aromatic carbocycles. The Morgan fingerprint density at radius 2 is 1.83 bits per heavy atom. The van der Waals surface area contributed by atoms with Crippen molar-refractivity contribution in [3.05, 3.63) is 35.9 Å². The van der Waals surface area contributed by atoms with E-state index in [1.165, 1.54) is 0 Å². The van der Waals surface area contributed by atoms with Crippen LogP contribution in [0, 0.1) is 0 Å². The van der Waals surface area contributed by atoms with E-state index in [0.717, 1.165) is 5.56 Å². The molecule has 0 unspecified atom stereocenters. The first-order valence-electron chi connectivity index (χ1n) is 3.62. The van der Waals surface area contributed by atoms with Crippen LogP contribution in [0.1, 0.15) is 12.5 Å². The molecule has 3 heteroatoms. The van der Waals surface area contributed by atoms with Crippen molar-refractivity contribution in [3.8, 4) is 0 Å². The van der Waals surface area contributed by atoms with Gasteiger partial charge in [0.05, 0.1) is 12.1 Å². The van der Waals surface area contributed by atoms with Crippen LogP contribution in [0.2, 0.25) is 0 Å². The number of rotatable bonds is 2. The fourth-order valence-corrected chi connectivity index (χ4v) is 0.910. The van der Waals surface area contributed by atoms with Crippen LogP contribution in [0.4, 0.5) is 0 Å². The number of hydrogen-bond donors (Lipinski definition) is 2. The van der Waals surface area contributed by atoms with E-state index in [9.17, 15) is 0 Å². The van der Waals surface area contributed by atoms with Gasteiger partial charge in [-0.3, -0.25) is 0 Å². The first kappa shape index (κ1) is 11.4. The van der Waals surface area contributed by atoms with Crippen molar-refractivity contribution in [3.63, 3.8) is 0 Å². The molecule has 68 valence electrons. The Balaban J connectivity index is 0.00000121. The molecule has 1 atom stereocenters. The molecule has 0 spiro atoms. The minimum atomic E-state index is -0.610. The molecule has 3 N–H and O–H groups in total. The van der Waals surface area contributed by atoms with E-state index in [0.29, 0.717) is 0 Å². The van der Waals surface area contributed by atoms with Gasteiger partial charge in [-0.25, -0.2) is 0 Å². The molecule has 1 aromatic rings. The monoisotopic (exact) mass is 187 g/mol. The fourth-order valence-electron chi connectivity index (χ4n) is 0.910. The van der Waals surface area contributed by atoms with Crippen LogP contribution >= 0.6 is 12.4 Å². The minimum absolute atomic E-state index is 0. The molecule has 0 bridgehead atoms. The molecule has 12 heavy (non-hydrogen) atoms. The normalized spacial score (nSPS) is 14.6.